The van der Waals surface area contributed by atoms with Crippen molar-refractivity contribution in [2.24, 2.45) is 0 Å². The Labute approximate surface area is 59.1 Å². The molecule has 0 spiro atoms. The second-order valence-corrected chi connectivity index (χ2v) is 2.60. The van der Waals surface area contributed by atoms with Gasteiger partial charge in [-0.25, -0.2) is 0 Å². The number of aliphatic hydroxyl groups is 3. The lowest BCUT2D eigenvalue weighted by molar-refractivity contribution is -0.240. The molecule has 3 N–H and O–H groups in total. The number of hydrogen-bond donors (Lipinski definition) is 3. The van der Waals surface area contributed by atoms with Crippen molar-refractivity contribution in [3.63, 3.8) is 0 Å². The number of hydrogen-bond acceptors (Lipinski definition) is 4. The van der Waals surface area contributed by atoms with E-state index in [-0.39, 0.29) is 6.42 Å². The van der Waals surface area contributed by atoms with Gasteiger partial charge in [-0.05, 0) is 6.92 Å². The van der Waals surface area contributed by atoms with Crippen molar-refractivity contribution in [3.05, 3.63) is 0 Å². The normalized spacial score (nSPS) is 49.2. The van der Waals surface area contributed by atoms with Gasteiger partial charge in [0.2, 0.25) is 0 Å². The Balaban J connectivity index is 2.46. The van der Waals surface area contributed by atoms with E-state index < -0.39 is 24.6 Å². The van der Waals surface area contributed by atoms with Gasteiger partial charge in [-0.2, -0.15) is 0 Å². The molecule has 0 aliphatic carbocycles. The third-order valence-corrected chi connectivity index (χ3v) is 1.71. The summed E-state index contributed by atoms with van der Waals surface area (Å²) in [5.41, 5.74) is 0. The van der Waals surface area contributed by atoms with Crippen molar-refractivity contribution in [1.82, 2.24) is 0 Å². The summed E-state index contributed by atoms with van der Waals surface area (Å²) >= 11 is 0. The van der Waals surface area contributed by atoms with E-state index in [1.165, 1.54) is 0 Å². The second kappa shape index (κ2) is 2.84. The summed E-state index contributed by atoms with van der Waals surface area (Å²) in [6, 6.07) is 0. The van der Waals surface area contributed by atoms with Crippen molar-refractivity contribution < 1.29 is 20.1 Å². The maximum Gasteiger partial charge on any atom is 0.181 e. The van der Waals surface area contributed by atoms with E-state index in [1.54, 1.807) is 6.92 Å². The minimum absolute atomic E-state index is 0.183. The Kier molecular flexibility index (Phi) is 2.25. The van der Waals surface area contributed by atoms with Gasteiger partial charge in [-0.3, -0.25) is 0 Å². The molecule has 0 amide bonds. The lowest BCUT2D eigenvalue weighted by Crippen LogP contribution is -2.45. The predicted octanol–water partition coefficient (Wildman–Crippen LogP) is -1.16. The summed E-state index contributed by atoms with van der Waals surface area (Å²) in [6.45, 7) is 1.65. The Morgan fingerprint density at radius 2 is 1.80 bits per heavy atom. The standard InChI is InChI=1S/C6H12O4/c1-3-4(7)2-5(8)6(9)10-3/h3-9H,2H2,1H3/t3-,4+,5-,6?/m1/s1. The minimum atomic E-state index is -1.14. The molecule has 60 valence electrons. The zero-order valence-electron chi connectivity index (χ0n) is 5.77. The zero-order valence-corrected chi connectivity index (χ0v) is 5.77. The Morgan fingerprint density at radius 1 is 1.20 bits per heavy atom. The van der Waals surface area contributed by atoms with Gasteiger partial charge in [0.15, 0.2) is 6.29 Å². The molecule has 1 fully saturated rings. The first-order valence-electron chi connectivity index (χ1n) is 3.31. The number of rotatable bonds is 0. The summed E-state index contributed by atoms with van der Waals surface area (Å²) in [6.07, 6.45) is -2.97. The molecular weight excluding hydrogens is 136 g/mol. The molecule has 4 atom stereocenters. The van der Waals surface area contributed by atoms with Crippen LogP contribution in [0.3, 0.4) is 0 Å². The van der Waals surface area contributed by atoms with E-state index in [2.05, 4.69) is 0 Å². The van der Waals surface area contributed by atoms with Crippen molar-refractivity contribution in [1.29, 1.82) is 0 Å². The fourth-order valence-corrected chi connectivity index (χ4v) is 0.957. The molecule has 1 aliphatic rings. The van der Waals surface area contributed by atoms with Crippen LogP contribution in [0.2, 0.25) is 0 Å². The van der Waals surface area contributed by atoms with Crippen LogP contribution in [0, 0.1) is 0 Å². The highest BCUT2D eigenvalue weighted by atomic mass is 16.6. The summed E-state index contributed by atoms with van der Waals surface area (Å²) in [5.74, 6) is 0. The maximum atomic E-state index is 9.07. The van der Waals surface area contributed by atoms with E-state index >= 15 is 0 Å². The van der Waals surface area contributed by atoms with Gasteiger partial charge in [-0.1, -0.05) is 0 Å². The fraction of sp³-hybridized carbons (Fsp3) is 1.00. The van der Waals surface area contributed by atoms with Crippen LogP contribution in [-0.4, -0.2) is 39.9 Å². The highest BCUT2D eigenvalue weighted by Crippen LogP contribution is 2.17. The molecular formula is C6H12O4. The Hall–Kier alpha value is -0.160. The van der Waals surface area contributed by atoms with E-state index in [0.29, 0.717) is 0 Å². The van der Waals surface area contributed by atoms with Crippen LogP contribution in [0.1, 0.15) is 13.3 Å². The van der Waals surface area contributed by atoms with E-state index in [4.69, 9.17) is 20.1 Å². The van der Waals surface area contributed by atoms with Crippen LogP contribution in [0.15, 0.2) is 0 Å². The third-order valence-electron chi connectivity index (χ3n) is 1.71. The molecule has 4 nitrogen and oxygen atoms in total. The monoisotopic (exact) mass is 148 g/mol. The quantitative estimate of drug-likeness (QED) is 0.405. The van der Waals surface area contributed by atoms with Crippen molar-refractivity contribution in [3.8, 4) is 0 Å². The van der Waals surface area contributed by atoms with Crippen LogP contribution in [0.5, 0.6) is 0 Å². The molecule has 0 aromatic rings. The molecule has 0 radical (unpaired) electrons. The van der Waals surface area contributed by atoms with Crippen molar-refractivity contribution >= 4 is 0 Å². The van der Waals surface area contributed by atoms with Crippen LogP contribution in [-0.2, 0) is 4.74 Å². The highest BCUT2D eigenvalue weighted by molar-refractivity contribution is 4.76. The van der Waals surface area contributed by atoms with Gasteiger partial charge in [0.25, 0.3) is 0 Å². The molecule has 4 heteroatoms. The van der Waals surface area contributed by atoms with Gasteiger partial charge >= 0.3 is 0 Å². The zero-order chi connectivity index (χ0) is 7.72. The molecule has 1 unspecified atom stereocenters. The smallest absolute Gasteiger partial charge is 0.181 e. The van der Waals surface area contributed by atoms with Gasteiger partial charge in [0.05, 0.1) is 12.2 Å². The van der Waals surface area contributed by atoms with Crippen LogP contribution >= 0.6 is 0 Å². The van der Waals surface area contributed by atoms with Gasteiger partial charge in [-0.15, -0.1) is 0 Å². The first-order valence-corrected chi connectivity index (χ1v) is 3.31. The average Bonchev–Trinajstić information content (AvgIpc) is 1.84. The lowest BCUT2D eigenvalue weighted by atomic mass is 10.0. The van der Waals surface area contributed by atoms with Crippen LogP contribution in [0.25, 0.3) is 0 Å². The Bertz CT molecular complexity index is 90.3. The molecule has 0 aromatic heterocycles. The summed E-state index contributed by atoms with van der Waals surface area (Å²) < 4.78 is 4.77. The minimum Gasteiger partial charge on any atom is -0.390 e. The van der Waals surface area contributed by atoms with Crippen molar-refractivity contribution in [2.45, 2.75) is 37.9 Å². The molecule has 0 bridgehead atoms. The summed E-state index contributed by atoms with van der Waals surface area (Å²) in [4.78, 5) is 0. The molecule has 1 heterocycles. The molecule has 0 aromatic carbocycles. The SMILES string of the molecule is C[C@H]1OC(O)[C@H](O)C[C@@H]1O. The van der Waals surface area contributed by atoms with E-state index in [1.807, 2.05) is 0 Å². The van der Waals surface area contributed by atoms with Crippen LogP contribution < -0.4 is 0 Å². The first kappa shape index (κ1) is 7.94. The summed E-state index contributed by atoms with van der Waals surface area (Å²) in [5, 5.41) is 26.9. The summed E-state index contributed by atoms with van der Waals surface area (Å²) in [7, 11) is 0. The fourth-order valence-electron chi connectivity index (χ4n) is 0.957. The van der Waals surface area contributed by atoms with Gasteiger partial charge in [0, 0.05) is 6.42 Å². The van der Waals surface area contributed by atoms with E-state index in [9.17, 15) is 0 Å². The van der Waals surface area contributed by atoms with Gasteiger partial charge in [0.1, 0.15) is 6.10 Å². The lowest BCUT2D eigenvalue weighted by Gasteiger charge is -2.32. The largest absolute Gasteiger partial charge is 0.390 e. The highest BCUT2D eigenvalue weighted by Gasteiger charge is 2.32. The molecule has 0 saturated carbocycles. The average molecular weight is 148 g/mol. The topological polar surface area (TPSA) is 69.9 Å². The third kappa shape index (κ3) is 1.46. The van der Waals surface area contributed by atoms with E-state index in [0.717, 1.165) is 0 Å². The van der Waals surface area contributed by atoms with Crippen LogP contribution in [0.4, 0.5) is 0 Å². The number of ether oxygens (including phenoxy) is 1. The Morgan fingerprint density at radius 3 is 2.30 bits per heavy atom. The van der Waals surface area contributed by atoms with Gasteiger partial charge < -0.3 is 20.1 Å². The van der Waals surface area contributed by atoms with Crippen molar-refractivity contribution in [2.75, 3.05) is 0 Å². The first-order chi connectivity index (χ1) is 4.61. The second-order valence-electron chi connectivity index (χ2n) is 2.60. The molecule has 1 aliphatic heterocycles. The molecule has 1 rings (SSSR count). The maximum absolute atomic E-state index is 9.07. The predicted molar refractivity (Wildman–Crippen MR) is 33.2 cm³/mol. The number of aliphatic hydroxyl groups excluding tert-OH is 3. The molecule has 1 saturated heterocycles. The molecule has 10 heavy (non-hydrogen) atoms.